The first-order chi connectivity index (χ1) is 5.66. The van der Waals surface area contributed by atoms with Gasteiger partial charge in [-0.25, -0.2) is 0 Å². The van der Waals surface area contributed by atoms with E-state index in [1.54, 1.807) is 6.08 Å². The quantitative estimate of drug-likeness (QED) is 0.600. The van der Waals surface area contributed by atoms with Crippen molar-refractivity contribution in [2.45, 2.75) is 25.3 Å². The van der Waals surface area contributed by atoms with Crippen molar-refractivity contribution in [2.24, 2.45) is 0 Å². The fourth-order valence-electron chi connectivity index (χ4n) is 1.44. The highest BCUT2D eigenvalue weighted by atomic mass is 16.1. The maximum Gasteiger partial charge on any atom is 0.224 e. The van der Waals surface area contributed by atoms with Crippen molar-refractivity contribution >= 4 is 5.91 Å². The molecule has 0 aliphatic carbocycles. The van der Waals surface area contributed by atoms with E-state index in [-0.39, 0.29) is 11.4 Å². The number of carbonyl (C=O) groups is 1. The van der Waals surface area contributed by atoms with Crippen LogP contribution in [0, 0.1) is 0 Å². The molecule has 1 saturated heterocycles. The van der Waals surface area contributed by atoms with Gasteiger partial charge in [-0.3, -0.25) is 4.79 Å². The van der Waals surface area contributed by atoms with Crippen molar-refractivity contribution in [3.05, 3.63) is 12.7 Å². The van der Waals surface area contributed by atoms with E-state index < -0.39 is 0 Å². The van der Waals surface area contributed by atoms with Gasteiger partial charge in [0.25, 0.3) is 0 Å². The summed E-state index contributed by atoms with van der Waals surface area (Å²) in [5.41, 5.74) is -0.0416. The number of hydrogen-bond acceptors (Lipinski definition) is 2. The zero-order chi connectivity index (χ0) is 9.03. The standard InChI is InChI=1S/C9H16N2O/c1-3-4-8(12)11-9(2)5-6-10-7-9/h3,10H,1,4-7H2,2H3,(H,11,12). The Morgan fingerprint density at radius 2 is 2.58 bits per heavy atom. The Balaban J connectivity index is 2.38. The van der Waals surface area contributed by atoms with E-state index in [1.807, 2.05) is 0 Å². The third-order valence-electron chi connectivity index (χ3n) is 2.14. The van der Waals surface area contributed by atoms with Gasteiger partial charge in [0.2, 0.25) is 5.91 Å². The molecule has 1 fully saturated rings. The third kappa shape index (κ3) is 2.34. The van der Waals surface area contributed by atoms with Crippen molar-refractivity contribution in [3.63, 3.8) is 0 Å². The average molecular weight is 168 g/mol. The van der Waals surface area contributed by atoms with Crippen molar-refractivity contribution in [1.82, 2.24) is 10.6 Å². The van der Waals surface area contributed by atoms with Gasteiger partial charge < -0.3 is 10.6 Å². The van der Waals surface area contributed by atoms with Crippen LogP contribution in [0.3, 0.4) is 0 Å². The van der Waals surface area contributed by atoms with Crippen LogP contribution in [-0.2, 0) is 4.79 Å². The minimum absolute atomic E-state index is 0.0416. The maximum absolute atomic E-state index is 11.2. The summed E-state index contributed by atoms with van der Waals surface area (Å²) in [6, 6.07) is 0. The van der Waals surface area contributed by atoms with E-state index in [0.717, 1.165) is 19.5 Å². The lowest BCUT2D eigenvalue weighted by Gasteiger charge is -2.23. The van der Waals surface area contributed by atoms with E-state index in [9.17, 15) is 4.79 Å². The fourth-order valence-corrected chi connectivity index (χ4v) is 1.44. The molecule has 68 valence electrons. The van der Waals surface area contributed by atoms with Crippen molar-refractivity contribution < 1.29 is 4.79 Å². The third-order valence-corrected chi connectivity index (χ3v) is 2.14. The Bertz CT molecular complexity index is 183. The molecule has 0 spiro atoms. The number of amides is 1. The highest BCUT2D eigenvalue weighted by Gasteiger charge is 2.29. The van der Waals surface area contributed by atoms with Crippen LogP contribution < -0.4 is 10.6 Å². The predicted molar refractivity (Wildman–Crippen MR) is 48.8 cm³/mol. The normalized spacial score (nSPS) is 28.4. The Labute approximate surface area is 73.2 Å². The molecule has 3 heteroatoms. The van der Waals surface area contributed by atoms with Crippen LogP contribution >= 0.6 is 0 Å². The summed E-state index contributed by atoms with van der Waals surface area (Å²) in [5, 5.41) is 6.20. The van der Waals surface area contributed by atoms with Gasteiger partial charge in [-0.15, -0.1) is 6.58 Å². The van der Waals surface area contributed by atoms with Gasteiger partial charge in [-0.2, -0.15) is 0 Å². The lowest BCUT2D eigenvalue weighted by molar-refractivity contribution is -0.121. The van der Waals surface area contributed by atoms with Crippen molar-refractivity contribution in [2.75, 3.05) is 13.1 Å². The molecule has 1 rings (SSSR count). The van der Waals surface area contributed by atoms with Crippen LogP contribution in [0.1, 0.15) is 19.8 Å². The summed E-state index contributed by atoms with van der Waals surface area (Å²) in [6.45, 7) is 7.45. The molecule has 1 heterocycles. The highest BCUT2D eigenvalue weighted by molar-refractivity contribution is 5.78. The Hall–Kier alpha value is -0.830. The molecular formula is C9H16N2O. The first-order valence-electron chi connectivity index (χ1n) is 4.29. The molecule has 0 aromatic rings. The summed E-state index contributed by atoms with van der Waals surface area (Å²) < 4.78 is 0. The van der Waals surface area contributed by atoms with Gasteiger partial charge in [0.05, 0.1) is 5.54 Å². The monoisotopic (exact) mass is 168 g/mol. The Morgan fingerprint density at radius 3 is 3.08 bits per heavy atom. The highest BCUT2D eigenvalue weighted by Crippen LogP contribution is 2.12. The van der Waals surface area contributed by atoms with E-state index in [4.69, 9.17) is 0 Å². The Morgan fingerprint density at radius 1 is 1.83 bits per heavy atom. The van der Waals surface area contributed by atoms with E-state index in [2.05, 4.69) is 24.1 Å². The number of carbonyl (C=O) groups excluding carboxylic acids is 1. The van der Waals surface area contributed by atoms with Gasteiger partial charge in [0.1, 0.15) is 0 Å². The van der Waals surface area contributed by atoms with E-state index >= 15 is 0 Å². The maximum atomic E-state index is 11.2. The molecule has 0 aromatic carbocycles. The Kier molecular flexibility index (Phi) is 2.87. The number of nitrogens with one attached hydrogen (secondary N) is 2. The van der Waals surface area contributed by atoms with Crippen molar-refractivity contribution in [3.8, 4) is 0 Å². The molecule has 1 unspecified atom stereocenters. The SMILES string of the molecule is C=CCC(=O)NC1(C)CCNC1. The van der Waals surface area contributed by atoms with Crippen molar-refractivity contribution in [1.29, 1.82) is 0 Å². The van der Waals surface area contributed by atoms with Gasteiger partial charge >= 0.3 is 0 Å². The van der Waals surface area contributed by atoms with Gasteiger partial charge in [0.15, 0.2) is 0 Å². The largest absolute Gasteiger partial charge is 0.349 e. The van der Waals surface area contributed by atoms with Crippen LogP contribution in [0.15, 0.2) is 12.7 Å². The van der Waals surface area contributed by atoms with E-state index in [0.29, 0.717) is 6.42 Å². The minimum Gasteiger partial charge on any atom is -0.349 e. The second-order valence-corrected chi connectivity index (χ2v) is 3.53. The van der Waals surface area contributed by atoms with Crippen LogP contribution in [0.25, 0.3) is 0 Å². The molecule has 1 aliphatic heterocycles. The molecule has 0 saturated carbocycles. The minimum atomic E-state index is -0.0416. The topological polar surface area (TPSA) is 41.1 Å². The molecular weight excluding hydrogens is 152 g/mol. The number of rotatable bonds is 3. The number of hydrogen-bond donors (Lipinski definition) is 2. The first-order valence-corrected chi connectivity index (χ1v) is 4.29. The second kappa shape index (κ2) is 3.72. The van der Waals surface area contributed by atoms with Gasteiger partial charge in [0, 0.05) is 13.0 Å². The fraction of sp³-hybridized carbons (Fsp3) is 0.667. The smallest absolute Gasteiger partial charge is 0.224 e. The lowest BCUT2D eigenvalue weighted by Crippen LogP contribution is -2.47. The summed E-state index contributed by atoms with van der Waals surface area (Å²) >= 11 is 0. The molecule has 0 aromatic heterocycles. The second-order valence-electron chi connectivity index (χ2n) is 3.53. The zero-order valence-corrected chi connectivity index (χ0v) is 7.52. The summed E-state index contributed by atoms with van der Waals surface area (Å²) in [4.78, 5) is 11.2. The molecule has 3 nitrogen and oxygen atoms in total. The van der Waals surface area contributed by atoms with Gasteiger partial charge in [-0.1, -0.05) is 6.08 Å². The molecule has 1 amide bonds. The van der Waals surface area contributed by atoms with Crippen LogP contribution in [0.5, 0.6) is 0 Å². The molecule has 0 bridgehead atoms. The summed E-state index contributed by atoms with van der Waals surface area (Å²) in [7, 11) is 0. The first kappa shape index (κ1) is 9.26. The van der Waals surface area contributed by atoms with Crippen LogP contribution in [-0.4, -0.2) is 24.5 Å². The predicted octanol–water partition coefficient (Wildman–Crippen LogP) is 0.431. The summed E-state index contributed by atoms with van der Waals surface area (Å²) in [6.07, 6.45) is 3.05. The zero-order valence-electron chi connectivity index (χ0n) is 7.52. The lowest BCUT2D eigenvalue weighted by atomic mass is 10.0. The van der Waals surface area contributed by atoms with Crippen LogP contribution in [0.4, 0.5) is 0 Å². The molecule has 0 radical (unpaired) electrons. The molecule has 1 atom stereocenters. The molecule has 12 heavy (non-hydrogen) atoms. The van der Waals surface area contributed by atoms with Crippen LogP contribution in [0.2, 0.25) is 0 Å². The summed E-state index contributed by atoms with van der Waals surface area (Å²) in [5.74, 6) is 0.0659. The van der Waals surface area contributed by atoms with E-state index in [1.165, 1.54) is 0 Å². The molecule has 2 N–H and O–H groups in total. The average Bonchev–Trinajstić information content (AvgIpc) is 2.36. The molecule has 1 aliphatic rings. The van der Waals surface area contributed by atoms with Gasteiger partial charge in [-0.05, 0) is 19.9 Å².